The number of nitrogens with two attached hydrogens (primary N) is 2. The third-order valence-corrected chi connectivity index (χ3v) is 9.97. The monoisotopic (exact) mass is 1400 g/mol. The lowest BCUT2D eigenvalue weighted by molar-refractivity contribution is -0.205. The molecule has 0 rings (SSSR count). The average molecular weight is 1400 g/mol. The van der Waals surface area contributed by atoms with E-state index in [4.69, 9.17) is 102 Å². The summed E-state index contributed by atoms with van der Waals surface area (Å²) in [5.41, 5.74) is 9.81. The van der Waals surface area contributed by atoms with Crippen LogP contribution in [-0.4, -0.2) is 256 Å². The van der Waals surface area contributed by atoms with Crippen LogP contribution in [0, 0.1) is 0 Å². The molecule has 94 heavy (non-hydrogen) atoms. The fourth-order valence-corrected chi connectivity index (χ4v) is 6.85. The fourth-order valence-electron chi connectivity index (χ4n) is 6.52. The summed E-state index contributed by atoms with van der Waals surface area (Å²) in [6.45, 7) is 14.9. The van der Waals surface area contributed by atoms with Gasteiger partial charge in [-0.25, -0.2) is 4.79 Å². The summed E-state index contributed by atoms with van der Waals surface area (Å²) in [6.07, 6.45) is -22.2. The Hall–Kier alpha value is -8.40. The number of rotatable bonds is 35. The maximum absolute atomic E-state index is 12.6. The summed E-state index contributed by atoms with van der Waals surface area (Å²) in [5, 5.41) is 17.9. The second-order valence-corrected chi connectivity index (χ2v) is 18.8. The first kappa shape index (κ1) is 94.3. The van der Waals surface area contributed by atoms with Gasteiger partial charge in [-0.05, 0) is 44.1 Å². The highest BCUT2D eigenvalue weighted by molar-refractivity contribution is 6.65. The number of esters is 13. The third kappa shape index (κ3) is 45.8. The molecule has 0 aromatic carbocycles. The van der Waals surface area contributed by atoms with Gasteiger partial charge in [-0.2, -0.15) is 0 Å². The van der Waals surface area contributed by atoms with Crippen molar-refractivity contribution in [1.82, 2.24) is 10.6 Å². The molecule has 0 heterocycles. The van der Waals surface area contributed by atoms with Crippen LogP contribution in [-0.2, 0) is 153 Å². The molecule has 0 saturated heterocycles. The quantitative estimate of drug-likeness (QED) is 0.0154. The fraction of sp³-hybridized carbons (Fsp3) is 0.667. The molecule has 0 spiro atoms. The number of hydrogen-bond donors (Lipinski definition) is 6. The Labute approximate surface area is 549 Å². The van der Waals surface area contributed by atoms with Crippen LogP contribution in [0.4, 0.5) is 0 Å². The highest BCUT2D eigenvalue weighted by atomic mass is 35.5. The Morgan fingerprint density at radius 2 is 0.585 bits per heavy atom. The van der Waals surface area contributed by atoms with Crippen LogP contribution in [0.5, 0.6) is 0 Å². The van der Waals surface area contributed by atoms with Gasteiger partial charge in [-0.15, -0.1) is 0 Å². The van der Waals surface area contributed by atoms with Crippen LogP contribution in [0.25, 0.3) is 0 Å². The first-order valence-electron chi connectivity index (χ1n) is 27.2. The van der Waals surface area contributed by atoms with Crippen molar-refractivity contribution in [3.8, 4) is 0 Å². The maximum atomic E-state index is 12.6. The first-order chi connectivity index (χ1) is 43.5. The van der Waals surface area contributed by atoms with Crippen molar-refractivity contribution in [3.63, 3.8) is 0 Å². The minimum absolute atomic E-state index is 0.00760. The number of hydrogen-bond acceptors (Lipinski definition) is 37. The minimum atomic E-state index is -1.98. The highest BCUT2D eigenvalue weighted by Gasteiger charge is 2.51. The number of likely N-dealkylation sites (N-methyl/N-ethyl adjacent to an activating group) is 1. The molecule has 0 fully saturated rings. The van der Waals surface area contributed by atoms with Gasteiger partial charge in [-0.1, -0.05) is 0 Å². The van der Waals surface area contributed by atoms with Gasteiger partial charge >= 0.3 is 77.6 Å². The molecular weight excluding hydrogens is 1320 g/mol. The van der Waals surface area contributed by atoms with Gasteiger partial charge in [-0.3, -0.25) is 81.5 Å². The van der Waals surface area contributed by atoms with E-state index in [2.05, 4.69) is 20.1 Å². The lowest BCUT2D eigenvalue weighted by Gasteiger charge is -2.34. The van der Waals surface area contributed by atoms with Gasteiger partial charge in [0, 0.05) is 116 Å². The van der Waals surface area contributed by atoms with Crippen molar-refractivity contribution in [1.29, 1.82) is 0 Å². The Kier molecular flexibility index (Phi) is 53.2. The first-order valence-corrected chi connectivity index (χ1v) is 27.9. The van der Waals surface area contributed by atoms with E-state index in [9.17, 15) is 86.3 Å². The molecule has 38 nitrogen and oxygen atoms in total. The lowest BCUT2D eigenvalue weighted by atomic mass is 9.98. The zero-order chi connectivity index (χ0) is 74.3. The second kappa shape index (κ2) is 53.0. The van der Waals surface area contributed by atoms with Crippen LogP contribution >= 0.6 is 23.2 Å². The summed E-state index contributed by atoms with van der Waals surface area (Å²) >= 11 is 10.7. The van der Waals surface area contributed by atoms with Gasteiger partial charge in [0.1, 0.15) is 6.61 Å². The summed E-state index contributed by atoms with van der Waals surface area (Å²) in [4.78, 5) is 210. The van der Waals surface area contributed by atoms with Gasteiger partial charge < -0.3 is 98.6 Å². The number of methoxy groups -OCH3 is 1. The highest BCUT2D eigenvalue weighted by Crippen LogP contribution is 2.25. The molecule has 8 N–H and O–H groups in total. The van der Waals surface area contributed by atoms with Crippen molar-refractivity contribution in [2.24, 2.45) is 11.5 Å². The number of halogens is 2. The normalized spacial score (nSPS) is 13.9. The van der Waals surface area contributed by atoms with Crippen molar-refractivity contribution in [2.75, 3.05) is 66.8 Å². The Morgan fingerprint density at radius 3 is 0.809 bits per heavy atom. The van der Waals surface area contributed by atoms with Gasteiger partial charge in [0.25, 0.3) is 16.4 Å². The van der Waals surface area contributed by atoms with Gasteiger partial charge in [0.15, 0.2) is 60.4 Å². The van der Waals surface area contributed by atoms with Crippen LogP contribution in [0.2, 0.25) is 0 Å². The number of nitrogens with one attached hydrogen (secondary N) is 2. The molecule has 0 unspecified atom stereocenters. The zero-order valence-electron chi connectivity index (χ0n) is 54.5. The van der Waals surface area contributed by atoms with Crippen molar-refractivity contribution in [3.05, 3.63) is 0 Å². The molecule has 0 aromatic rings. The number of amides is 1. The minimum Gasteiger partial charge on any atom is -0.460 e. The molecule has 0 bridgehead atoms. The average Bonchev–Trinajstić information content (AvgIpc) is 0.843. The Morgan fingerprint density at radius 1 is 0.351 bits per heavy atom. The van der Waals surface area contributed by atoms with E-state index in [-0.39, 0.29) is 33.0 Å². The predicted octanol–water partition coefficient (Wildman–Crippen LogP) is -3.75. The van der Waals surface area contributed by atoms with E-state index in [0.29, 0.717) is 19.6 Å². The van der Waals surface area contributed by atoms with Crippen LogP contribution in [0.1, 0.15) is 96.9 Å². The van der Waals surface area contributed by atoms with Crippen LogP contribution < -0.4 is 22.1 Å². The summed E-state index contributed by atoms with van der Waals surface area (Å²) < 4.78 is 68.8. The molecule has 12 atom stereocenters. The largest absolute Gasteiger partial charge is 0.460 e. The maximum Gasteiger partial charge on any atom is 0.351 e. The van der Waals surface area contributed by atoms with Gasteiger partial charge in [0.05, 0.1) is 19.8 Å². The second-order valence-electron chi connectivity index (χ2n) is 18.0. The van der Waals surface area contributed by atoms with Gasteiger partial charge in [0.2, 0.25) is 24.4 Å². The van der Waals surface area contributed by atoms with E-state index in [1.165, 1.54) is 7.11 Å². The standard InChI is InChI=1S/C18H28N2O10.C18H26O12.C14H16Cl2O10.C2H8N2.C2H6O2/c1-9(21)14(27-10(2)22)15(28-11(3)23)16(29-12(4)24)17(30-13(5)25)18(26)20-8-7-19-6;1-9(19)14(27-10(2)20)15(28-11(3)21)16(29-12(4)22)17(30-13(5)23)18(24)26-8-7-25-6;1-5(17)23-9(11(13(15)21)25-7(3)19)10(24-6(2)18)12(14(16)22)26-8(4)20;2*3-1-2-4/h14-17,19H,7-8H2,1-6H3,(H,20,26);14-17H,7-8H2,1-6H3;9-12H,1-4H3;1-4H2;3-4H,1-2H2/t2*14-,15-,16+,17-;9-,10-,11-,12+;;/m110../s1. The number of aliphatic hydroxyl groups excluding tert-OH is 2. The van der Waals surface area contributed by atoms with Crippen LogP contribution in [0.15, 0.2) is 0 Å². The van der Waals surface area contributed by atoms with E-state index >= 15 is 0 Å². The molecule has 0 aliphatic heterocycles. The third-order valence-electron chi connectivity index (χ3n) is 9.54. The van der Waals surface area contributed by atoms with Crippen molar-refractivity contribution < 1.29 is 163 Å². The number of carbonyl (C=O) groups is 18. The number of ketones is 2. The summed E-state index contributed by atoms with van der Waals surface area (Å²) in [7, 11) is 3.00. The van der Waals surface area contributed by atoms with Crippen molar-refractivity contribution in [2.45, 2.75) is 170 Å². The molecule has 40 heteroatoms. The lowest BCUT2D eigenvalue weighted by Crippen LogP contribution is -2.57. The Balaban J connectivity index is -0.000000398. The smallest absolute Gasteiger partial charge is 0.351 e. The number of aliphatic hydroxyl groups is 2. The van der Waals surface area contributed by atoms with E-state index < -0.39 is 179 Å². The van der Waals surface area contributed by atoms with E-state index in [1.54, 1.807) is 7.05 Å². The molecule has 0 aromatic heterocycles. The van der Waals surface area contributed by atoms with E-state index in [0.717, 1.165) is 96.9 Å². The molecule has 1 amide bonds. The molecule has 0 saturated carbocycles. The number of Topliss-reactive ketones (excluding diaryl/α,β-unsaturated/α-hetero) is 2. The number of ether oxygens (including phenoxy) is 14. The topological polar surface area (TPSA) is 553 Å². The van der Waals surface area contributed by atoms with E-state index in [1.807, 2.05) is 0 Å². The zero-order valence-corrected chi connectivity index (χ0v) is 56.0. The molecule has 0 aliphatic rings. The Bertz CT molecular complexity index is 2360. The van der Waals surface area contributed by atoms with Crippen LogP contribution in [0.3, 0.4) is 0 Å². The van der Waals surface area contributed by atoms with Crippen molar-refractivity contribution >= 4 is 129 Å². The summed E-state index contributed by atoms with van der Waals surface area (Å²) in [5.74, 6) is -15.1. The molecular formula is C54H84Cl2N4O34. The number of carbonyl (C=O) groups excluding carboxylic acids is 18. The molecule has 0 radical (unpaired) electrons. The predicted molar refractivity (Wildman–Crippen MR) is 312 cm³/mol. The molecule has 0 aliphatic carbocycles. The molecule has 538 valence electrons. The summed E-state index contributed by atoms with van der Waals surface area (Å²) in [6, 6.07) is 0. The SMILES string of the molecule is CC(=O)O[C@@H]([C@H](OC(C)=O)[C@@H](OC(C)=O)C(=O)Cl)[C@H](OC(C)=O)C(=O)Cl.CNCCNC(=O)[C@H](OC(C)=O)[C@@H](OC(C)=O)[C@H](OC(C)=O)[C@H](OC(C)=O)C(C)=O.COCCOC(=O)[C@H](OC(C)=O)[C@@H](OC(C)=O)[C@H](OC(C)=O)[C@H](OC(C)=O)C(C)=O.NCCN.OCCO.